The van der Waals surface area contributed by atoms with Crippen molar-refractivity contribution in [3.63, 3.8) is 0 Å². The second-order valence-electron chi connectivity index (χ2n) is 12.7. The highest BCUT2D eigenvalue weighted by molar-refractivity contribution is 5.87. The first-order valence-electron chi connectivity index (χ1n) is 16.2. The SMILES string of the molecule is CNC(=O)OC1(C(=O)NCC2CCC(c3ccc(OC)c(C)n3)C(c3ccccc3-c3cccnc3N(C)C)C2)CCCCC1. The Bertz CT molecular complexity index is 1490. The summed E-state index contributed by atoms with van der Waals surface area (Å²) in [6, 6.07) is 16.9. The van der Waals surface area contributed by atoms with Crippen molar-refractivity contribution in [1.82, 2.24) is 20.6 Å². The van der Waals surface area contributed by atoms with Gasteiger partial charge < -0.3 is 25.0 Å². The molecule has 240 valence electrons. The van der Waals surface area contributed by atoms with E-state index in [-0.39, 0.29) is 23.7 Å². The van der Waals surface area contributed by atoms with Crippen molar-refractivity contribution in [1.29, 1.82) is 0 Å². The molecule has 2 saturated carbocycles. The van der Waals surface area contributed by atoms with E-state index in [1.165, 1.54) is 18.2 Å². The number of hydrogen-bond acceptors (Lipinski definition) is 7. The number of nitrogens with one attached hydrogen (secondary N) is 2. The van der Waals surface area contributed by atoms with E-state index < -0.39 is 11.7 Å². The summed E-state index contributed by atoms with van der Waals surface area (Å²) in [6.07, 6.45) is 7.94. The molecule has 5 rings (SSSR count). The molecule has 3 aromatic rings. The minimum absolute atomic E-state index is 0.165. The molecule has 9 heteroatoms. The summed E-state index contributed by atoms with van der Waals surface area (Å²) >= 11 is 0. The van der Waals surface area contributed by atoms with Gasteiger partial charge in [-0.25, -0.2) is 9.78 Å². The number of nitrogens with zero attached hydrogens (tertiary/aromatic N) is 3. The van der Waals surface area contributed by atoms with Crippen LogP contribution in [0.25, 0.3) is 11.1 Å². The molecule has 0 saturated heterocycles. The molecular weight excluding hydrogens is 566 g/mol. The van der Waals surface area contributed by atoms with Gasteiger partial charge in [-0.05, 0) is 99.1 Å². The number of carbonyl (C=O) groups excluding carboxylic acids is 2. The Hall–Kier alpha value is -4.14. The fraction of sp³-hybridized carbons (Fsp3) is 0.500. The summed E-state index contributed by atoms with van der Waals surface area (Å²) in [5.74, 6) is 2.15. The van der Waals surface area contributed by atoms with E-state index in [4.69, 9.17) is 19.4 Å². The monoisotopic (exact) mass is 613 g/mol. The number of aryl methyl sites for hydroxylation is 1. The molecule has 0 bridgehead atoms. The van der Waals surface area contributed by atoms with Gasteiger partial charge in [0, 0.05) is 51.1 Å². The van der Waals surface area contributed by atoms with Crippen molar-refractivity contribution in [2.75, 3.05) is 39.7 Å². The molecule has 2 heterocycles. The number of ether oxygens (including phenoxy) is 2. The van der Waals surface area contributed by atoms with Crippen LogP contribution in [0.3, 0.4) is 0 Å². The van der Waals surface area contributed by atoms with Crippen LogP contribution in [0.1, 0.15) is 80.2 Å². The van der Waals surface area contributed by atoms with Crippen LogP contribution in [0, 0.1) is 12.8 Å². The summed E-state index contributed by atoms with van der Waals surface area (Å²) < 4.78 is 11.3. The smallest absolute Gasteiger partial charge is 0.407 e. The minimum Gasteiger partial charge on any atom is -0.495 e. The topological polar surface area (TPSA) is 106 Å². The lowest BCUT2D eigenvalue weighted by Gasteiger charge is -2.39. The molecule has 9 nitrogen and oxygen atoms in total. The van der Waals surface area contributed by atoms with Gasteiger partial charge in [0.1, 0.15) is 11.6 Å². The van der Waals surface area contributed by atoms with Gasteiger partial charge in [0.2, 0.25) is 0 Å². The molecule has 2 amide bonds. The maximum Gasteiger partial charge on any atom is 0.407 e. The summed E-state index contributed by atoms with van der Waals surface area (Å²) in [6.45, 7) is 2.53. The Morgan fingerprint density at radius 1 is 0.978 bits per heavy atom. The number of carbonyl (C=O) groups is 2. The molecule has 0 aliphatic heterocycles. The summed E-state index contributed by atoms with van der Waals surface area (Å²) in [5, 5.41) is 5.74. The van der Waals surface area contributed by atoms with Gasteiger partial charge in [-0.3, -0.25) is 9.78 Å². The second-order valence-corrected chi connectivity index (χ2v) is 12.7. The maximum atomic E-state index is 13.6. The third-order valence-electron chi connectivity index (χ3n) is 9.60. The van der Waals surface area contributed by atoms with E-state index in [1.807, 2.05) is 39.3 Å². The standard InChI is InChI=1S/C36H47N5O4/c1-24-32(44-5)18-17-31(40-24)28-16-15-25(23-39-34(42)36(45-35(43)37-2)19-9-6-10-20-36)22-30(28)27-13-8-7-12-26(27)29-14-11-21-38-33(29)41(3)4/h7-8,11-14,17-18,21,25,28,30H,6,9-10,15-16,19-20,22-23H2,1-5H3,(H,37,43)(H,39,42). The number of pyridine rings is 2. The highest BCUT2D eigenvalue weighted by Crippen LogP contribution is 2.49. The number of amides is 2. The molecule has 45 heavy (non-hydrogen) atoms. The Labute approximate surface area is 267 Å². The summed E-state index contributed by atoms with van der Waals surface area (Å²) in [7, 11) is 7.25. The van der Waals surface area contributed by atoms with Gasteiger partial charge in [-0.2, -0.15) is 0 Å². The fourth-order valence-corrected chi connectivity index (χ4v) is 7.28. The largest absolute Gasteiger partial charge is 0.495 e. The van der Waals surface area contributed by atoms with Crippen LogP contribution in [0.2, 0.25) is 0 Å². The van der Waals surface area contributed by atoms with Crippen LogP contribution in [-0.2, 0) is 9.53 Å². The van der Waals surface area contributed by atoms with Crippen molar-refractivity contribution >= 4 is 17.8 Å². The van der Waals surface area contributed by atoms with Crippen LogP contribution >= 0.6 is 0 Å². The van der Waals surface area contributed by atoms with Crippen molar-refractivity contribution in [2.24, 2.45) is 5.92 Å². The third-order valence-corrected chi connectivity index (χ3v) is 9.60. The molecule has 3 unspecified atom stereocenters. The lowest BCUT2D eigenvalue weighted by molar-refractivity contribution is -0.143. The normalized spacial score (nSPS) is 21.0. The van der Waals surface area contributed by atoms with Gasteiger partial charge in [0.15, 0.2) is 5.60 Å². The first-order valence-corrected chi connectivity index (χ1v) is 16.2. The van der Waals surface area contributed by atoms with E-state index in [9.17, 15) is 9.59 Å². The molecule has 2 N–H and O–H groups in total. The van der Waals surface area contributed by atoms with Crippen LogP contribution in [0.15, 0.2) is 54.7 Å². The maximum absolute atomic E-state index is 13.6. The zero-order valence-electron chi connectivity index (χ0n) is 27.3. The number of rotatable bonds is 9. The Morgan fingerprint density at radius 3 is 2.44 bits per heavy atom. The third kappa shape index (κ3) is 7.08. The Balaban J connectivity index is 1.46. The lowest BCUT2D eigenvalue weighted by Crippen LogP contribution is -2.53. The van der Waals surface area contributed by atoms with Crippen molar-refractivity contribution in [2.45, 2.75) is 75.7 Å². The van der Waals surface area contributed by atoms with E-state index >= 15 is 0 Å². The van der Waals surface area contributed by atoms with Gasteiger partial charge in [0.25, 0.3) is 5.91 Å². The highest BCUT2D eigenvalue weighted by atomic mass is 16.6. The van der Waals surface area contributed by atoms with E-state index in [2.05, 4.69) is 51.9 Å². The molecule has 0 spiro atoms. The summed E-state index contributed by atoms with van der Waals surface area (Å²) in [4.78, 5) is 37.6. The van der Waals surface area contributed by atoms with Crippen LogP contribution in [0.4, 0.5) is 10.6 Å². The Kier molecular flexibility index (Phi) is 10.3. The van der Waals surface area contributed by atoms with E-state index in [0.717, 1.165) is 67.0 Å². The van der Waals surface area contributed by atoms with Gasteiger partial charge >= 0.3 is 6.09 Å². The summed E-state index contributed by atoms with van der Waals surface area (Å²) in [5.41, 5.74) is 4.37. The quantitative estimate of drug-likeness (QED) is 0.289. The molecular formula is C36H47N5O4. The van der Waals surface area contributed by atoms with Gasteiger partial charge in [-0.15, -0.1) is 0 Å². The first-order chi connectivity index (χ1) is 21.8. The number of alkyl carbamates (subject to hydrolysis) is 1. The first kappa shape index (κ1) is 32.3. The van der Waals surface area contributed by atoms with Crippen molar-refractivity contribution in [3.8, 4) is 16.9 Å². The highest BCUT2D eigenvalue weighted by Gasteiger charge is 2.44. The van der Waals surface area contributed by atoms with Crippen molar-refractivity contribution < 1.29 is 19.1 Å². The number of aromatic nitrogens is 2. The average molecular weight is 614 g/mol. The van der Waals surface area contributed by atoms with Crippen LogP contribution < -0.4 is 20.3 Å². The second kappa shape index (κ2) is 14.3. The van der Waals surface area contributed by atoms with Crippen LogP contribution in [0.5, 0.6) is 5.75 Å². The number of hydrogen-bond donors (Lipinski definition) is 2. The number of benzene rings is 1. The van der Waals surface area contributed by atoms with Gasteiger partial charge in [0.05, 0.1) is 12.8 Å². The average Bonchev–Trinajstić information content (AvgIpc) is 3.07. The Morgan fingerprint density at radius 2 is 1.73 bits per heavy atom. The van der Waals surface area contributed by atoms with Gasteiger partial charge in [-0.1, -0.05) is 30.7 Å². The molecule has 2 aliphatic rings. The van der Waals surface area contributed by atoms with Crippen molar-refractivity contribution in [3.05, 3.63) is 71.7 Å². The predicted molar refractivity (Wildman–Crippen MR) is 177 cm³/mol. The van der Waals surface area contributed by atoms with E-state index in [0.29, 0.717) is 19.4 Å². The fourth-order valence-electron chi connectivity index (χ4n) is 7.28. The molecule has 2 aromatic heterocycles. The lowest BCUT2D eigenvalue weighted by atomic mass is 9.68. The molecule has 1 aromatic carbocycles. The van der Waals surface area contributed by atoms with E-state index in [1.54, 1.807) is 7.11 Å². The molecule has 0 radical (unpaired) electrons. The number of methoxy groups -OCH3 is 1. The number of anilines is 1. The molecule has 2 fully saturated rings. The zero-order valence-corrected chi connectivity index (χ0v) is 27.3. The molecule has 2 aliphatic carbocycles. The molecule has 3 atom stereocenters. The zero-order chi connectivity index (χ0) is 32.0. The van der Waals surface area contributed by atoms with Crippen LogP contribution in [-0.4, -0.2) is 62.4 Å². The predicted octanol–water partition coefficient (Wildman–Crippen LogP) is 6.37. The minimum atomic E-state index is -1.10.